The van der Waals surface area contributed by atoms with Crippen molar-refractivity contribution in [2.75, 3.05) is 15.6 Å². The summed E-state index contributed by atoms with van der Waals surface area (Å²) in [6.45, 7) is 13.3. The lowest BCUT2D eigenvalue weighted by molar-refractivity contribution is 1.05. The van der Waals surface area contributed by atoms with Gasteiger partial charge >= 0.3 is 0 Å². The van der Waals surface area contributed by atoms with Gasteiger partial charge in [-0.1, -0.05) is 65.7 Å². The molecule has 0 amide bonds. The van der Waals surface area contributed by atoms with Crippen LogP contribution < -0.4 is 14.7 Å². The van der Waals surface area contributed by atoms with Gasteiger partial charge in [0, 0.05) is 29.9 Å². The molecule has 3 aromatic rings. The van der Waals surface area contributed by atoms with Gasteiger partial charge in [-0.3, -0.25) is 0 Å². The molecule has 30 heavy (non-hydrogen) atoms. The lowest BCUT2D eigenvalue weighted by Crippen LogP contribution is -2.56. The van der Waals surface area contributed by atoms with Crippen LogP contribution in [0.25, 0.3) is 0 Å². The molecular formula is C27H31N2Si. The Hall–Kier alpha value is -2.78. The van der Waals surface area contributed by atoms with Crippen LogP contribution >= 0.6 is 0 Å². The topological polar surface area (TPSA) is 6.48 Å². The van der Waals surface area contributed by atoms with Crippen LogP contribution in [0.5, 0.6) is 0 Å². The molecule has 0 aromatic heterocycles. The number of benzene rings is 3. The Kier molecular flexibility index (Phi) is 5.57. The quantitative estimate of drug-likeness (QED) is 0.505. The third kappa shape index (κ3) is 3.82. The van der Waals surface area contributed by atoms with Crippen molar-refractivity contribution in [2.45, 2.75) is 41.5 Å². The molecular weight excluding hydrogens is 380 g/mol. The van der Waals surface area contributed by atoms with Gasteiger partial charge in [0.2, 0.25) is 8.96 Å². The van der Waals surface area contributed by atoms with Crippen LogP contribution in [0.3, 0.4) is 0 Å². The number of hydrogen-bond acceptors (Lipinski definition) is 2. The van der Waals surface area contributed by atoms with Crippen LogP contribution in [-0.4, -0.2) is 15.1 Å². The Labute approximate surface area is 183 Å². The highest BCUT2D eigenvalue weighted by Gasteiger charge is 2.31. The molecule has 4 rings (SSSR count). The standard InChI is InChI=1S/C27H31N2Si/c1-19-14-21(3)26(22(4)15-19)28-12-13-29(27-23(5)16-20(2)17-24(27)6)30(18-28)25-10-8-7-9-11-25/h7-17H,18H2,1-6H3. The van der Waals surface area contributed by atoms with E-state index >= 15 is 0 Å². The molecule has 0 saturated carbocycles. The van der Waals surface area contributed by atoms with E-state index in [-0.39, 0.29) is 0 Å². The van der Waals surface area contributed by atoms with E-state index < -0.39 is 8.96 Å². The smallest absolute Gasteiger partial charge is 0.231 e. The summed E-state index contributed by atoms with van der Waals surface area (Å²) in [5.74, 6) is 0. The summed E-state index contributed by atoms with van der Waals surface area (Å²) in [5.41, 5.74) is 10.8. The molecule has 2 nitrogen and oxygen atoms in total. The van der Waals surface area contributed by atoms with Gasteiger partial charge in [-0.2, -0.15) is 0 Å². The third-order valence-corrected chi connectivity index (χ3v) is 8.51. The zero-order valence-corrected chi connectivity index (χ0v) is 20.0. The summed E-state index contributed by atoms with van der Waals surface area (Å²) in [6, 6.07) is 20.3. The Morgan fingerprint density at radius 2 is 1.13 bits per heavy atom. The summed E-state index contributed by atoms with van der Waals surface area (Å²) < 4.78 is 2.57. The molecule has 0 bridgehead atoms. The average molecular weight is 412 g/mol. The van der Waals surface area contributed by atoms with E-state index in [9.17, 15) is 0 Å². The van der Waals surface area contributed by atoms with Crippen molar-refractivity contribution < 1.29 is 0 Å². The third-order valence-electron chi connectivity index (χ3n) is 5.91. The van der Waals surface area contributed by atoms with E-state index in [1.54, 1.807) is 0 Å². The predicted octanol–water partition coefficient (Wildman–Crippen LogP) is 5.77. The van der Waals surface area contributed by atoms with Gasteiger partial charge in [-0.05, 0) is 69.0 Å². The second kappa shape index (κ2) is 8.15. The van der Waals surface area contributed by atoms with Crippen LogP contribution in [0.15, 0.2) is 67.0 Å². The minimum absolute atomic E-state index is 1.02. The molecule has 0 atom stereocenters. The highest BCUT2D eigenvalue weighted by molar-refractivity contribution is 6.78. The van der Waals surface area contributed by atoms with E-state index in [2.05, 4.69) is 118 Å². The van der Waals surface area contributed by atoms with Crippen molar-refractivity contribution in [3.63, 3.8) is 0 Å². The Morgan fingerprint density at radius 3 is 1.67 bits per heavy atom. The zero-order chi connectivity index (χ0) is 21.4. The predicted molar refractivity (Wildman–Crippen MR) is 132 cm³/mol. The van der Waals surface area contributed by atoms with E-state index in [1.807, 2.05) is 0 Å². The van der Waals surface area contributed by atoms with Gasteiger partial charge in [0.1, 0.15) is 0 Å². The lowest BCUT2D eigenvalue weighted by Gasteiger charge is -2.40. The summed E-state index contributed by atoms with van der Waals surface area (Å²) in [5, 5.41) is 1.44. The van der Waals surface area contributed by atoms with E-state index in [0.29, 0.717) is 0 Å². The lowest BCUT2D eigenvalue weighted by atomic mass is 10.0. The number of hydrogen-bond donors (Lipinski definition) is 0. The van der Waals surface area contributed by atoms with Gasteiger partial charge in [0.05, 0.1) is 0 Å². The van der Waals surface area contributed by atoms with Gasteiger partial charge in [-0.25, -0.2) is 0 Å². The van der Waals surface area contributed by atoms with Crippen LogP contribution in [-0.2, 0) is 0 Å². The van der Waals surface area contributed by atoms with Crippen LogP contribution in [0, 0.1) is 41.5 Å². The molecule has 1 radical (unpaired) electrons. The number of nitrogens with zero attached hydrogens (tertiary/aromatic N) is 2. The number of aryl methyl sites for hydroxylation is 6. The molecule has 0 N–H and O–H groups in total. The van der Waals surface area contributed by atoms with Crippen molar-refractivity contribution in [3.8, 4) is 0 Å². The van der Waals surface area contributed by atoms with Gasteiger partial charge in [-0.15, -0.1) is 0 Å². The summed E-state index contributed by atoms with van der Waals surface area (Å²) >= 11 is 0. The maximum absolute atomic E-state index is 2.57. The number of anilines is 2. The maximum Gasteiger partial charge on any atom is 0.231 e. The monoisotopic (exact) mass is 411 g/mol. The minimum Gasteiger partial charge on any atom is -0.367 e. The first-order chi connectivity index (χ1) is 14.3. The van der Waals surface area contributed by atoms with E-state index in [4.69, 9.17) is 0 Å². The largest absolute Gasteiger partial charge is 0.367 e. The van der Waals surface area contributed by atoms with Crippen LogP contribution in [0.1, 0.15) is 33.4 Å². The molecule has 0 unspecified atom stereocenters. The molecule has 3 aromatic carbocycles. The van der Waals surface area contributed by atoms with Crippen LogP contribution in [0.4, 0.5) is 11.4 Å². The normalized spacial score (nSPS) is 14.5. The van der Waals surface area contributed by atoms with Gasteiger partial charge < -0.3 is 9.47 Å². The van der Waals surface area contributed by atoms with Gasteiger partial charge in [0.15, 0.2) is 0 Å². The highest BCUT2D eigenvalue weighted by atomic mass is 28.3. The zero-order valence-electron chi connectivity index (χ0n) is 19.0. The molecule has 1 aliphatic heterocycles. The van der Waals surface area contributed by atoms with E-state index in [0.717, 1.165) is 6.17 Å². The summed E-state index contributed by atoms with van der Waals surface area (Å²) in [6.07, 6.45) is 5.61. The molecule has 153 valence electrons. The van der Waals surface area contributed by atoms with Crippen molar-refractivity contribution in [2.24, 2.45) is 0 Å². The second-order valence-electron chi connectivity index (χ2n) is 8.60. The first-order valence-electron chi connectivity index (χ1n) is 10.7. The molecule has 0 fully saturated rings. The van der Waals surface area contributed by atoms with Crippen molar-refractivity contribution in [1.29, 1.82) is 0 Å². The average Bonchev–Trinajstić information content (AvgIpc) is 2.68. The SMILES string of the molecule is Cc1cc(C)c(N2C=CN(c3c(C)cc(C)cc3C)[Si](c3ccccc3)C2)c(C)c1. The Morgan fingerprint density at radius 1 is 0.633 bits per heavy atom. The highest BCUT2D eigenvalue weighted by Crippen LogP contribution is 2.32. The minimum atomic E-state index is -1.04. The summed E-state index contributed by atoms with van der Waals surface area (Å²) in [7, 11) is -1.04. The van der Waals surface area contributed by atoms with Crippen molar-refractivity contribution >= 4 is 25.5 Å². The Balaban J connectivity index is 1.83. The molecule has 1 heterocycles. The molecule has 1 aliphatic rings. The number of rotatable bonds is 3. The fourth-order valence-electron chi connectivity index (χ4n) is 4.93. The Bertz CT molecular complexity index is 1060. The van der Waals surface area contributed by atoms with Crippen molar-refractivity contribution in [1.82, 2.24) is 0 Å². The maximum atomic E-state index is 2.57. The first kappa shape index (κ1) is 20.5. The molecule has 0 saturated heterocycles. The van der Waals surface area contributed by atoms with Gasteiger partial charge in [0.25, 0.3) is 0 Å². The second-order valence-corrected chi connectivity index (χ2v) is 10.9. The molecule has 3 heteroatoms. The van der Waals surface area contributed by atoms with E-state index in [1.165, 1.54) is 49.9 Å². The fourth-order valence-corrected chi connectivity index (χ4v) is 7.57. The molecule has 0 spiro atoms. The fraction of sp³-hybridized carbons (Fsp3) is 0.259. The van der Waals surface area contributed by atoms with Crippen LogP contribution in [0.2, 0.25) is 0 Å². The first-order valence-corrected chi connectivity index (χ1v) is 12.3. The molecule has 0 aliphatic carbocycles. The van der Waals surface area contributed by atoms with Crippen molar-refractivity contribution in [3.05, 3.63) is 100 Å². The summed E-state index contributed by atoms with van der Waals surface area (Å²) in [4.78, 5) is 2.47.